The van der Waals surface area contributed by atoms with Crippen LogP contribution in [0.4, 0.5) is 4.39 Å². The molecule has 1 aromatic carbocycles. The van der Waals surface area contributed by atoms with Crippen molar-refractivity contribution in [2.75, 3.05) is 20.3 Å². The average Bonchev–Trinajstić information content (AvgIpc) is 2.51. The standard InChI is InChI=1S/C16H24FNO3/c1-4-16(5-2,8-9-19)11-18-15(20)13-10-12(17)6-7-14(13)21-3/h6-7,10,19H,4-5,8-9,11H2,1-3H3,(H,18,20). The van der Waals surface area contributed by atoms with E-state index in [1.807, 2.05) is 13.8 Å². The topological polar surface area (TPSA) is 58.6 Å². The van der Waals surface area contributed by atoms with Gasteiger partial charge >= 0.3 is 0 Å². The molecule has 0 radical (unpaired) electrons. The van der Waals surface area contributed by atoms with Crippen molar-refractivity contribution in [3.63, 3.8) is 0 Å². The molecule has 1 rings (SSSR count). The highest BCUT2D eigenvalue weighted by Crippen LogP contribution is 2.29. The Hall–Kier alpha value is -1.62. The Bertz CT molecular complexity index is 473. The predicted octanol–water partition coefficient (Wildman–Crippen LogP) is 2.75. The Balaban J connectivity index is 2.83. The maximum Gasteiger partial charge on any atom is 0.255 e. The minimum absolute atomic E-state index is 0.0842. The normalized spacial score (nSPS) is 11.3. The number of carbonyl (C=O) groups excluding carboxylic acids is 1. The van der Waals surface area contributed by atoms with Crippen LogP contribution in [0, 0.1) is 11.2 Å². The first-order chi connectivity index (χ1) is 10.0. The third-order valence-electron chi connectivity index (χ3n) is 4.17. The van der Waals surface area contributed by atoms with Crippen LogP contribution in [0.5, 0.6) is 5.75 Å². The lowest BCUT2D eigenvalue weighted by molar-refractivity contribution is 0.0904. The van der Waals surface area contributed by atoms with Crippen LogP contribution in [0.1, 0.15) is 43.5 Å². The van der Waals surface area contributed by atoms with Crippen LogP contribution in [-0.2, 0) is 0 Å². The van der Waals surface area contributed by atoms with E-state index in [0.717, 1.165) is 12.8 Å². The molecule has 0 heterocycles. The molecule has 21 heavy (non-hydrogen) atoms. The molecule has 0 aliphatic heterocycles. The highest BCUT2D eigenvalue weighted by atomic mass is 19.1. The van der Waals surface area contributed by atoms with E-state index in [1.165, 1.54) is 25.3 Å². The lowest BCUT2D eigenvalue weighted by atomic mass is 9.79. The van der Waals surface area contributed by atoms with Gasteiger partial charge < -0.3 is 15.2 Å². The molecule has 0 atom stereocenters. The van der Waals surface area contributed by atoms with Crippen LogP contribution in [0.15, 0.2) is 18.2 Å². The fraction of sp³-hybridized carbons (Fsp3) is 0.562. The monoisotopic (exact) mass is 297 g/mol. The lowest BCUT2D eigenvalue weighted by Crippen LogP contribution is -2.37. The van der Waals surface area contributed by atoms with Crippen LogP contribution in [0.2, 0.25) is 0 Å². The van der Waals surface area contributed by atoms with Crippen molar-refractivity contribution in [2.24, 2.45) is 5.41 Å². The Morgan fingerprint density at radius 3 is 2.57 bits per heavy atom. The van der Waals surface area contributed by atoms with Crippen molar-refractivity contribution in [3.05, 3.63) is 29.6 Å². The number of aliphatic hydroxyl groups is 1. The van der Waals surface area contributed by atoms with Crippen LogP contribution >= 0.6 is 0 Å². The summed E-state index contributed by atoms with van der Waals surface area (Å²) >= 11 is 0. The van der Waals surface area contributed by atoms with Crippen LogP contribution in [0.25, 0.3) is 0 Å². The zero-order valence-electron chi connectivity index (χ0n) is 12.9. The third-order valence-corrected chi connectivity index (χ3v) is 4.17. The van der Waals surface area contributed by atoms with E-state index >= 15 is 0 Å². The zero-order valence-corrected chi connectivity index (χ0v) is 12.9. The third kappa shape index (κ3) is 4.43. The molecule has 1 aromatic rings. The molecule has 0 aliphatic carbocycles. The Morgan fingerprint density at radius 1 is 1.38 bits per heavy atom. The van der Waals surface area contributed by atoms with Crippen molar-refractivity contribution in [1.82, 2.24) is 5.32 Å². The molecule has 0 spiro atoms. The number of ether oxygens (including phenoxy) is 1. The molecule has 0 unspecified atom stereocenters. The zero-order chi connectivity index (χ0) is 15.9. The van der Waals surface area contributed by atoms with E-state index in [1.54, 1.807) is 0 Å². The summed E-state index contributed by atoms with van der Waals surface area (Å²) in [6.07, 6.45) is 2.33. The van der Waals surface area contributed by atoms with Gasteiger partial charge in [0.15, 0.2) is 0 Å². The second kappa shape index (κ2) is 7.98. The largest absolute Gasteiger partial charge is 0.496 e. The van der Waals surface area contributed by atoms with Gasteiger partial charge in [-0.2, -0.15) is 0 Å². The molecule has 0 aliphatic rings. The summed E-state index contributed by atoms with van der Waals surface area (Å²) < 4.78 is 18.4. The van der Waals surface area contributed by atoms with Gasteiger partial charge in [-0.15, -0.1) is 0 Å². The molecule has 0 bridgehead atoms. The van der Waals surface area contributed by atoms with E-state index in [9.17, 15) is 14.3 Å². The Labute approximate surface area is 125 Å². The van der Waals surface area contributed by atoms with Crippen LogP contribution in [0.3, 0.4) is 0 Å². The molecule has 118 valence electrons. The van der Waals surface area contributed by atoms with Gasteiger partial charge in [0.05, 0.1) is 12.7 Å². The van der Waals surface area contributed by atoms with E-state index < -0.39 is 5.82 Å². The average molecular weight is 297 g/mol. The second-order valence-corrected chi connectivity index (χ2v) is 5.21. The number of aliphatic hydroxyl groups excluding tert-OH is 1. The molecule has 0 fully saturated rings. The van der Waals surface area contributed by atoms with Crippen molar-refractivity contribution in [3.8, 4) is 5.75 Å². The fourth-order valence-electron chi connectivity index (χ4n) is 2.40. The van der Waals surface area contributed by atoms with Gasteiger partial charge in [-0.3, -0.25) is 4.79 Å². The van der Waals surface area contributed by atoms with Gasteiger partial charge in [-0.05, 0) is 42.9 Å². The summed E-state index contributed by atoms with van der Waals surface area (Å²) in [6.45, 7) is 4.60. The van der Waals surface area contributed by atoms with Gasteiger partial charge in [0.1, 0.15) is 11.6 Å². The van der Waals surface area contributed by atoms with Gasteiger partial charge in [-0.1, -0.05) is 13.8 Å². The molecular weight excluding hydrogens is 273 g/mol. The number of nitrogens with one attached hydrogen (secondary N) is 1. The fourth-order valence-corrected chi connectivity index (χ4v) is 2.40. The van der Waals surface area contributed by atoms with Gasteiger partial charge in [0, 0.05) is 13.2 Å². The minimum Gasteiger partial charge on any atom is -0.496 e. The maximum absolute atomic E-state index is 13.3. The van der Waals surface area contributed by atoms with Crippen LogP contribution < -0.4 is 10.1 Å². The molecule has 2 N–H and O–H groups in total. The first-order valence-corrected chi connectivity index (χ1v) is 7.24. The highest BCUT2D eigenvalue weighted by molar-refractivity contribution is 5.96. The van der Waals surface area contributed by atoms with Crippen molar-refractivity contribution < 1.29 is 19.0 Å². The first-order valence-electron chi connectivity index (χ1n) is 7.24. The van der Waals surface area contributed by atoms with Crippen molar-refractivity contribution >= 4 is 5.91 Å². The maximum atomic E-state index is 13.3. The predicted molar refractivity (Wildman–Crippen MR) is 80.0 cm³/mol. The number of benzene rings is 1. The van der Waals surface area contributed by atoms with Gasteiger partial charge in [-0.25, -0.2) is 4.39 Å². The molecule has 5 heteroatoms. The van der Waals surface area contributed by atoms with E-state index in [-0.39, 0.29) is 23.5 Å². The molecule has 4 nitrogen and oxygen atoms in total. The summed E-state index contributed by atoms with van der Waals surface area (Å²) in [5, 5.41) is 12.0. The molecule has 0 saturated heterocycles. The first kappa shape index (κ1) is 17.4. The number of rotatable bonds is 8. The lowest BCUT2D eigenvalue weighted by Gasteiger charge is -2.31. The summed E-state index contributed by atoms with van der Waals surface area (Å²) in [4.78, 5) is 12.2. The quantitative estimate of drug-likeness (QED) is 0.775. The number of carbonyl (C=O) groups is 1. The van der Waals surface area contributed by atoms with Gasteiger partial charge in [0.25, 0.3) is 5.91 Å². The minimum atomic E-state index is -0.478. The van der Waals surface area contributed by atoms with Crippen LogP contribution in [-0.4, -0.2) is 31.3 Å². The summed E-state index contributed by atoms with van der Waals surface area (Å²) in [6, 6.07) is 3.86. The smallest absolute Gasteiger partial charge is 0.255 e. The molecule has 0 aromatic heterocycles. The number of amides is 1. The Kier molecular flexibility index (Phi) is 6.62. The summed E-state index contributed by atoms with van der Waals surface area (Å²) in [7, 11) is 1.44. The van der Waals surface area contributed by atoms with Crippen molar-refractivity contribution in [1.29, 1.82) is 0 Å². The number of methoxy groups -OCH3 is 1. The molecule has 1 amide bonds. The van der Waals surface area contributed by atoms with E-state index in [0.29, 0.717) is 18.7 Å². The van der Waals surface area contributed by atoms with Gasteiger partial charge in [0.2, 0.25) is 0 Å². The van der Waals surface area contributed by atoms with E-state index in [4.69, 9.17) is 4.74 Å². The SMILES string of the molecule is CCC(CC)(CCO)CNC(=O)c1cc(F)ccc1OC. The van der Waals surface area contributed by atoms with Crippen molar-refractivity contribution in [2.45, 2.75) is 33.1 Å². The molecular formula is C16H24FNO3. The number of halogens is 1. The summed E-state index contributed by atoms with van der Waals surface area (Å²) in [5.74, 6) is -0.501. The summed E-state index contributed by atoms with van der Waals surface area (Å²) in [5.41, 5.74) is 0.0490. The number of hydrogen-bond donors (Lipinski definition) is 2. The Morgan fingerprint density at radius 2 is 2.05 bits per heavy atom. The molecule has 0 saturated carbocycles. The number of hydrogen-bond acceptors (Lipinski definition) is 3. The van der Waals surface area contributed by atoms with E-state index in [2.05, 4.69) is 5.32 Å². The second-order valence-electron chi connectivity index (χ2n) is 5.21. The highest BCUT2D eigenvalue weighted by Gasteiger charge is 2.26.